The van der Waals surface area contributed by atoms with E-state index in [9.17, 15) is 14.4 Å². The maximum absolute atomic E-state index is 12.9. The topological polar surface area (TPSA) is 103 Å². The molecule has 0 aromatic heterocycles. The number of methoxy groups -OCH3 is 1. The summed E-state index contributed by atoms with van der Waals surface area (Å²) in [4.78, 5) is 42.9. The van der Waals surface area contributed by atoms with Crippen LogP contribution in [0.15, 0.2) is 30.9 Å². The van der Waals surface area contributed by atoms with Crippen LogP contribution in [0.25, 0.3) is 0 Å². The second-order valence-electron chi connectivity index (χ2n) is 8.74. The summed E-state index contributed by atoms with van der Waals surface area (Å²) in [5.41, 5.74) is 1.97. The van der Waals surface area contributed by atoms with Crippen LogP contribution < -0.4 is 15.5 Å². The monoisotopic (exact) mass is 526 g/mol. The first kappa shape index (κ1) is 30.7. The Bertz CT molecular complexity index is 884. The molecular weight excluding hydrogens is 488 g/mol. The van der Waals surface area contributed by atoms with Crippen LogP contribution in [0.2, 0.25) is 23.2 Å². The van der Waals surface area contributed by atoms with E-state index in [2.05, 4.69) is 38.1 Å². The number of hydroxylamine groups is 1. The van der Waals surface area contributed by atoms with Crippen LogP contribution in [0.5, 0.6) is 5.75 Å². The van der Waals surface area contributed by atoms with Gasteiger partial charge in [-0.1, -0.05) is 51.9 Å². The average Bonchev–Trinajstić information content (AvgIpc) is 2.87. The quantitative estimate of drug-likeness (QED) is 0.209. The van der Waals surface area contributed by atoms with E-state index in [0.29, 0.717) is 22.8 Å². The first-order valence-corrected chi connectivity index (χ1v) is 14.8. The number of ether oxygens (including phenoxy) is 1. The van der Waals surface area contributed by atoms with Crippen molar-refractivity contribution in [3.05, 3.63) is 41.4 Å². The molecule has 10 heteroatoms. The van der Waals surface area contributed by atoms with Gasteiger partial charge in [0, 0.05) is 13.0 Å². The molecule has 1 aromatic carbocycles. The summed E-state index contributed by atoms with van der Waals surface area (Å²) in [6.45, 7) is 13.6. The highest BCUT2D eigenvalue weighted by molar-refractivity contribution is 6.73. The lowest BCUT2D eigenvalue weighted by molar-refractivity contribution is -0.170. The molecule has 0 aliphatic heterocycles. The Morgan fingerprint density at radius 3 is 2.29 bits per heavy atom. The van der Waals surface area contributed by atoms with E-state index in [-0.39, 0.29) is 13.0 Å². The number of nitrogens with one attached hydrogen (secondary N) is 2. The first-order valence-electron chi connectivity index (χ1n) is 11.9. The Balaban J connectivity index is 2.92. The number of hydrogen-bond acceptors (Lipinski definition) is 6. The molecule has 0 saturated carbocycles. The van der Waals surface area contributed by atoms with Gasteiger partial charge in [0.2, 0.25) is 5.91 Å². The minimum absolute atomic E-state index is 0.110. The van der Waals surface area contributed by atoms with Crippen molar-refractivity contribution < 1.29 is 28.4 Å². The van der Waals surface area contributed by atoms with Gasteiger partial charge in [0.15, 0.2) is 8.32 Å². The van der Waals surface area contributed by atoms with Gasteiger partial charge in [-0.2, -0.15) is 5.48 Å². The molecule has 0 aliphatic carbocycles. The normalized spacial score (nSPS) is 13.8. The molecule has 1 aromatic rings. The van der Waals surface area contributed by atoms with Crippen molar-refractivity contribution in [3.8, 4) is 5.75 Å². The minimum atomic E-state index is -1.90. The second-order valence-corrected chi connectivity index (χ2v) is 13.9. The van der Waals surface area contributed by atoms with Crippen LogP contribution in [0.3, 0.4) is 0 Å². The van der Waals surface area contributed by atoms with Gasteiger partial charge < -0.3 is 19.3 Å². The van der Waals surface area contributed by atoms with Crippen LogP contribution in [0.1, 0.15) is 46.6 Å². The summed E-state index contributed by atoms with van der Waals surface area (Å²) in [5.74, 6) is -1.33. The van der Waals surface area contributed by atoms with Crippen molar-refractivity contribution >= 4 is 37.7 Å². The predicted octanol–water partition coefficient (Wildman–Crippen LogP) is 4.57. The summed E-state index contributed by atoms with van der Waals surface area (Å²) >= 11 is 6.18. The summed E-state index contributed by atoms with van der Waals surface area (Å²) in [5, 5.41) is 2.92. The van der Waals surface area contributed by atoms with E-state index in [0.717, 1.165) is 24.2 Å². The van der Waals surface area contributed by atoms with Gasteiger partial charge in [-0.05, 0) is 55.2 Å². The van der Waals surface area contributed by atoms with E-state index in [4.69, 9.17) is 25.6 Å². The summed E-state index contributed by atoms with van der Waals surface area (Å²) in [7, 11) is -0.401. The molecule has 35 heavy (non-hydrogen) atoms. The third-order valence-electron chi connectivity index (χ3n) is 6.62. The zero-order chi connectivity index (χ0) is 26.6. The summed E-state index contributed by atoms with van der Waals surface area (Å²) in [6.07, 6.45) is 1.65. The van der Waals surface area contributed by atoms with Gasteiger partial charge in [-0.25, -0.2) is 4.79 Å². The molecule has 2 amide bonds. The molecular formula is C25H39ClN2O6Si. The SMILES string of the molecule is C=CC(=O)N[C@H](Cc1ccc(OC)c(Cl)c1)C(=O)NOC(=O)C(C)(CC)CO[Si](CC)(CC)CC. The standard InChI is InChI=1S/C25H39ClN2O6Si/c1-8-22(29)27-20(16-18-13-14-21(32-7)19(26)15-18)23(30)28-34-24(31)25(6,9-2)17-33-35(10-3,11-4)12-5/h8,13-15,20H,1,9-12,16-17H2,2-7H3,(H,27,29)(H,28,30)/t20-,25?/m1/s1. The number of rotatable bonds is 14. The average molecular weight is 527 g/mol. The van der Waals surface area contributed by atoms with Gasteiger partial charge in [-0.15, -0.1) is 0 Å². The van der Waals surface area contributed by atoms with Gasteiger partial charge in [0.05, 0.1) is 17.5 Å². The van der Waals surface area contributed by atoms with Crippen molar-refractivity contribution in [1.29, 1.82) is 0 Å². The fourth-order valence-electron chi connectivity index (χ4n) is 3.48. The molecule has 1 unspecified atom stereocenters. The molecule has 0 spiro atoms. The van der Waals surface area contributed by atoms with Gasteiger partial charge >= 0.3 is 5.97 Å². The van der Waals surface area contributed by atoms with Crippen LogP contribution in [-0.4, -0.2) is 45.9 Å². The lowest BCUT2D eigenvalue weighted by Gasteiger charge is -2.33. The number of benzene rings is 1. The van der Waals surface area contributed by atoms with Crippen molar-refractivity contribution in [2.24, 2.45) is 5.41 Å². The third-order valence-corrected chi connectivity index (χ3v) is 11.5. The van der Waals surface area contributed by atoms with Crippen LogP contribution in [0.4, 0.5) is 0 Å². The van der Waals surface area contributed by atoms with E-state index >= 15 is 0 Å². The molecule has 0 radical (unpaired) electrons. The Kier molecular flexibility index (Phi) is 12.5. The number of carbonyl (C=O) groups excluding carboxylic acids is 3. The fourth-order valence-corrected chi connectivity index (χ4v) is 6.49. The van der Waals surface area contributed by atoms with Gasteiger partial charge in [0.1, 0.15) is 11.8 Å². The minimum Gasteiger partial charge on any atom is -0.495 e. The number of hydrogen-bond donors (Lipinski definition) is 2. The predicted molar refractivity (Wildman–Crippen MR) is 140 cm³/mol. The van der Waals surface area contributed by atoms with E-state index in [1.807, 2.05) is 6.92 Å². The molecule has 8 nitrogen and oxygen atoms in total. The maximum atomic E-state index is 12.9. The zero-order valence-electron chi connectivity index (χ0n) is 21.7. The molecule has 0 bridgehead atoms. The molecule has 1 rings (SSSR count). The van der Waals surface area contributed by atoms with Gasteiger partial charge in [-0.3, -0.25) is 9.59 Å². The first-order chi connectivity index (χ1) is 16.5. The van der Waals surface area contributed by atoms with Crippen LogP contribution in [0, 0.1) is 5.41 Å². The summed E-state index contributed by atoms with van der Waals surface area (Å²) in [6, 6.07) is 6.91. The lowest BCUT2D eigenvalue weighted by atomic mass is 9.89. The Morgan fingerprint density at radius 1 is 1.17 bits per heavy atom. The fraction of sp³-hybridized carbons (Fsp3) is 0.560. The van der Waals surface area contributed by atoms with Crippen molar-refractivity contribution in [1.82, 2.24) is 10.8 Å². The molecule has 2 atom stereocenters. The maximum Gasteiger partial charge on any atom is 0.340 e. The van der Waals surface area contributed by atoms with E-state index in [1.54, 1.807) is 25.1 Å². The highest BCUT2D eigenvalue weighted by Gasteiger charge is 2.39. The highest BCUT2D eigenvalue weighted by Crippen LogP contribution is 2.29. The van der Waals surface area contributed by atoms with Crippen LogP contribution in [-0.2, 0) is 30.1 Å². The number of halogens is 1. The molecule has 196 valence electrons. The highest BCUT2D eigenvalue weighted by atomic mass is 35.5. The number of amides is 2. The van der Waals surface area contributed by atoms with E-state index < -0.39 is 37.6 Å². The van der Waals surface area contributed by atoms with Crippen LogP contribution >= 0.6 is 11.6 Å². The molecule has 0 aliphatic rings. The van der Waals surface area contributed by atoms with Crippen molar-refractivity contribution in [2.75, 3.05) is 13.7 Å². The largest absolute Gasteiger partial charge is 0.495 e. The Labute approximate surface area is 214 Å². The molecule has 2 N–H and O–H groups in total. The molecule has 0 fully saturated rings. The zero-order valence-corrected chi connectivity index (χ0v) is 23.4. The van der Waals surface area contributed by atoms with Gasteiger partial charge in [0.25, 0.3) is 5.91 Å². The molecule has 0 saturated heterocycles. The molecule has 0 heterocycles. The van der Waals surface area contributed by atoms with E-state index in [1.165, 1.54) is 7.11 Å². The second kappa shape index (κ2) is 14.3. The number of carbonyl (C=O) groups is 3. The van der Waals surface area contributed by atoms with Crippen molar-refractivity contribution in [2.45, 2.75) is 71.6 Å². The third kappa shape index (κ3) is 8.66. The Hall–Kier alpha value is -2.36. The Morgan fingerprint density at radius 2 is 1.80 bits per heavy atom. The van der Waals surface area contributed by atoms with Crippen molar-refractivity contribution in [3.63, 3.8) is 0 Å². The lowest BCUT2D eigenvalue weighted by Crippen LogP contribution is -2.50. The summed E-state index contributed by atoms with van der Waals surface area (Å²) < 4.78 is 11.5. The smallest absolute Gasteiger partial charge is 0.340 e.